The van der Waals surface area contributed by atoms with Gasteiger partial charge in [0.05, 0.1) is 6.54 Å². The van der Waals surface area contributed by atoms with Gasteiger partial charge in [-0.25, -0.2) is 4.98 Å². The minimum Gasteiger partial charge on any atom is -0.334 e. The van der Waals surface area contributed by atoms with Crippen LogP contribution >= 0.6 is 0 Å². The summed E-state index contributed by atoms with van der Waals surface area (Å²) >= 11 is 0. The Bertz CT molecular complexity index is 280. The molecule has 1 N–H and O–H groups in total. The standard InChI is InChI=1S/C13H25N3/c1-4-6-7-12(3)15-11-13-14-8-10-16(13)9-5-2/h8,10,12,15H,4-7,9,11H2,1-3H3. The smallest absolute Gasteiger partial charge is 0.122 e. The van der Waals surface area contributed by atoms with E-state index in [-0.39, 0.29) is 0 Å². The van der Waals surface area contributed by atoms with E-state index in [2.05, 4.69) is 41.8 Å². The first kappa shape index (κ1) is 13.2. The molecule has 0 aliphatic rings. The maximum absolute atomic E-state index is 4.39. The van der Waals surface area contributed by atoms with Crippen molar-refractivity contribution in [3.8, 4) is 0 Å². The number of aromatic nitrogens is 2. The van der Waals surface area contributed by atoms with E-state index >= 15 is 0 Å². The van der Waals surface area contributed by atoms with Crippen LogP contribution in [-0.4, -0.2) is 15.6 Å². The molecule has 0 spiro atoms. The molecule has 0 aromatic carbocycles. The maximum atomic E-state index is 4.39. The van der Waals surface area contributed by atoms with E-state index in [0.717, 1.165) is 25.3 Å². The number of rotatable bonds is 8. The van der Waals surface area contributed by atoms with Crippen LogP contribution in [0.1, 0.15) is 52.3 Å². The zero-order valence-corrected chi connectivity index (χ0v) is 10.9. The quantitative estimate of drug-likeness (QED) is 0.734. The molecule has 0 fully saturated rings. The Balaban J connectivity index is 2.32. The van der Waals surface area contributed by atoms with Gasteiger partial charge in [0, 0.05) is 25.0 Å². The van der Waals surface area contributed by atoms with Crippen molar-refractivity contribution < 1.29 is 0 Å². The van der Waals surface area contributed by atoms with Crippen molar-refractivity contribution in [2.75, 3.05) is 0 Å². The van der Waals surface area contributed by atoms with Crippen molar-refractivity contribution in [1.29, 1.82) is 0 Å². The Morgan fingerprint density at radius 1 is 1.38 bits per heavy atom. The molecule has 1 aromatic heterocycles. The molecule has 0 saturated heterocycles. The van der Waals surface area contributed by atoms with Crippen molar-refractivity contribution in [1.82, 2.24) is 14.9 Å². The lowest BCUT2D eigenvalue weighted by atomic mass is 10.1. The molecule has 1 unspecified atom stereocenters. The molecule has 1 atom stereocenters. The van der Waals surface area contributed by atoms with Gasteiger partial charge in [0.1, 0.15) is 5.82 Å². The van der Waals surface area contributed by atoms with Gasteiger partial charge in [0.25, 0.3) is 0 Å². The first-order chi connectivity index (χ1) is 7.77. The van der Waals surface area contributed by atoms with Crippen LogP contribution in [0.15, 0.2) is 12.4 Å². The average molecular weight is 223 g/mol. The fraction of sp³-hybridized carbons (Fsp3) is 0.769. The summed E-state index contributed by atoms with van der Waals surface area (Å²) in [7, 11) is 0. The van der Waals surface area contributed by atoms with Crippen molar-refractivity contribution in [3.63, 3.8) is 0 Å². The van der Waals surface area contributed by atoms with Gasteiger partial charge in [-0.3, -0.25) is 0 Å². The van der Waals surface area contributed by atoms with Crippen molar-refractivity contribution in [3.05, 3.63) is 18.2 Å². The lowest BCUT2D eigenvalue weighted by molar-refractivity contribution is 0.476. The Hall–Kier alpha value is -0.830. The topological polar surface area (TPSA) is 29.9 Å². The SMILES string of the molecule is CCCCC(C)NCc1nccn1CCC. The molecule has 16 heavy (non-hydrogen) atoms. The summed E-state index contributed by atoms with van der Waals surface area (Å²) in [4.78, 5) is 4.39. The van der Waals surface area contributed by atoms with Crippen LogP contribution in [-0.2, 0) is 13.1 Å². The van der Waals surface area contributed by atoms with Crippen molar-refractivity contribution >= 4 is 0 Å². The molecule has 1 rings (SSSR count). The highest BCUT2D eigenvalue weighted by Gasteiger charge is 2.04. The average Bonchev–Trinajstić information content (AvgIpc) is 2.72. The summed E-state index contributed by atoms with van der Waals surface area (Å²) < 4.78 is 2.24. The number of hydrogen-bond acceptors (Lipinski definition) is 2. The van der Waals surface area contributed by atoms with E-state index in [9.17, 15) is 0 Å². The van der Waals surface area contributed by atoms with Gasteiger partial charge in [-0.2, -0.15) is 0 Å². The van der Waals surface area contributed by atoms with E-state index in [1.165, 1.54) is 19.3 Å². The summed E-state index contributed by atoms with van der Waals surface area (Å²) in [5.74, 6) is 1.16. The van der Waals surface area contributed by atoms with E-state index in [1.54, 1.807) is 0 Å². The van der Waals surface area contributed by atoms with Crippen molar-refractivity contribution in [2.45, 2.75) is 65.6 Å². The predicted molar refractivity (Wildman–Crippen MR) is 68.3 cm³/mol. The van der Waals surface area contributed by atoms with Gasteiger partial charge in [-0.15, -0.1) is 0 Å². The summed E-state index contributed by atoms with van der Waals surface area (Å²) in [6, 6.07) is 0.590. The number of nitrogens with zero attached hydrogens (tertiary/aromatic N) is 2. The number of nitrogens with one attached hydrogen (secondary N) is 1. The summed E-state index contributed by atoms with van der Waals surface area (Å²) in [6.45, 7) is 8.64. The lowest BCUT2D eigenvalue weighted by Crippen LogP contribution is -2.26. The number of hydrogen-bond donors (Lipinski definition) is 1. The van der Waals surface area contributed by atoms with Crippen LogP contribution in [0.4, 0.5) is 0 Å². The molecule has 0 aliphatic heterocycles. The van der Waals surface area contributed by atoms with Crippen LogP contribution in [0.25, 0.3) is 0 Å². The molecule has 0 bridgehead atoms. The molecule has 0 radical (unpaired) electrons. The second-order valence-corrected chi connectivity index (χ2v) is 4.46. The molecular formula is C13H25N3. The first-order valence-electron chi connectivity index (χ1n) is 6.51. The monoisotopic (exact) mass is 223 g/mol. The Morgan fingerprint density at radius 2 is 2.19 bits per heavy atom. The van der Waals surface area contributed by atoms with E-state index < -0.39 is 0 Å². The zero-order chi connectivity index (χ0) is 11.8. The third-order valence-electron chi connectivity index (χ3n) is 2.87. The first-order valence-corrected chi connectivity index (χ1v) is 6.51. The molecular weight excluding hydrogens is 198 g/mol. The normalized spacial score (nSPS) is 12.9. The molecule has 1 aromatic rings. The van der Waals surface area contributed by atoms with Crippen LogP contribution in [0, 0.1) is 0 Å². The molecule has 0 amide bonds. The minimum atomic E-state index is 0.590. The predicted octanol–water partition coefficient (Wildman–Crippen LogP) is 2.96. The molecule has 92 valence electrons. The lowest BCUT2D eigenvalue weighted by Gasteiger charge is -2.13. The number of imidazole rings is 1. The molecule has 3 nitrogen and oxygen atoms in total. The number of unbranched alkanes of at least 4 members (excludes halogenated alkanes) is 1. The van der Waals surface area contributed by atoms with Crippen LogP contribution in [0.3, 0.4) is 0 Å². The van der Waals surface area contributed by atoms with Crippen LogP contribution in [0.5, 0.6) is 0 Å². The second-order valence-electron chi connectivity index (χ2n) is 4.46. The maximum Gasteiger partial charge on any atom is 0.122 e. The highest BCUT2D eigenvalue weighted by atomic mass is 15.1. The summed E-state index contributed by atoms with van der Waals surface area (Å²) in [6.07, 6.45) is 8.95. The molecule has 1 heterocycles. The van der Waals surface area contributed by atoms with Gasteiger partial charge in [-0.1, -0.05) is 26.7 Å². The van der Waals surface area contributed by atoms with Gasteiger partial charge in [-0.05, 0) is 19.8 Å². The minimum absolute atomic E-state index is 0.590. The Kier molecular flexibility index (Phi) is 6.16. The van der Waals surface area contributed by atoms with Crippen molar-refractivity contribution in [2.24, 2.45) is 0 Å². The number of aryl methyl sites for hydroxylation is 1. The fourth-order valence-corrected chi connectivity index (χ4v) is 1.83. The van der Waals surface area contributed by atoms with Gasteiger partial charge < -0.3 is 9.88 Å². The molecule has 3 heteroatoms. The zero-order valence-electron chi connectivity index (χ0n) is 10.9. The summed E-state index contributed by atoms with van der Waals surface area (Å²) in [5, 5.41) is 3.54. The second kappa shape index (κ2) is 7.44. The molecule has 0 saturated carbocycles. The summed E-state index contributed by atoms with van der Waals surface area (Å²) in [5.41, 5.74) is 0. The van der Waals surface area contributed by atoms with Crippen LogP contribution < -0.4 is 5.32 Å². The third kappa shape index (κ3) is 4.35. The third-order valence-corrected chi connectivity index (χ3v) is 2.87. The van der Waals surface area contributed by atoms with E-state index in [4.69, 9.17) is 0 Å². The Morgan fingerprint density at radius 3 is 2.88 bits per heavy atom. The van der Waals surface area contributed by atoms with E-state index in [1.807, 2.05) is 6.20 Å². The Labute approximate surface area is 99.3 Å². The van der Waals surface area contributed by atoms with Gasteiger partial charge >= 0.3 is 0 Å². The highest BCUT2D eigenvalue weighted by Crippen LogP contribution is 2.03. The van der Waals surface area contributed by atoms with Gasteiger partial charge in [0.2, 0.25) is 0 Å². The highest BCUT2D eigenvalue weighted by molar-refractivity contribution is 4.92. The largest absolute Gasteiger partial charge is 0.334 e. The van der Waals surface area contributed by atoms with Gasteiger partial charge in [0.15, 0.2) is 0 Å². The fourth-order valence-electron chi connectivity index (χ4n) is 1.83. The van der Waals surface area contributed by atoms with E-state index in [0.29, 0.717) is 6.04 Å². The molecule has 0 aliphatic carbocycles. The van der Waals surface area contributed by atoms with Crippen LogP contribution in [0.2, 0.25) is 0 Å².